The Balaban J connectivity index is 1.28. The van der Waals surface area contributed by atoms with Crippen LogP contribution < -0.4 is 10.6 Å². The lowest BCUT2D eigenvalue weighted by atomic mass is 9.66. The summed E-state index contributed by atoms with van der Waals surface area (Å²) in [4.78, 5) is 12.5. The van der Waals surface area contributed by atoms with E-state index < -0.39 is 0 Å². The normalized spacial score (nSPS) is 38.2. The fourth-order valence-corrected chi connectivity index (χ4v) is 5.22. The molecule has 0 amide bonds. The number of rotatable bonds is 2. The maximum Gasteiger partial charge on any atom is 0.166 e. The molecule has 2 spiro atoms. The molecule has 4 rings (SSSR count). The fourth-order valence-electron chi connectivity index (χ4n) is 5.22. The van der Waals surface area contributed by atoms with E-state index in [1.165, 1.54) is 64.2 Å². The molecule has 4 aliphatic rings. The summed E-state index contributed by atoms with van der Waals surface area (Å²) in [5, 5.41) is 7.29. The standard InChI is InChI=1S/C17H28N2O/c20-15(13-11-16(18-13)7-3-1-4-8-16)14-12-17(19-14)9-5-2-6-10-17/h13-14,18-19H,1-12H2. The van der Waals surface area contributed by atoms with E-state index in [0.29, 0.717) is 16.9 Å². The highest BCUT2D eigenvalue weighted by atomic mass is 16.1. The van der Waals surface area contributed by atoms with Crippen molar-refractivity contribution in [1.82, 2.24) is 10.6 Å². The van der Waals surface area contributed by atoms with Gasteiger partial charge in [0.2, 0.25) is 0 Å². The van der Waals surface area contributed by atoms with E-state index in [2.05, 4.69) is 10.6 Å². The zero-order valence-corrected chi connectivity index (χ0v) is 12.5. The van der Waals surface area contributed by atoms with E-state index in [9.17, 15) is 4.79 Å². The molecule has 2 aliphatic heterocycles. The Bertz CT molecular complexity index is 342. The molecule has 3 nitrogen and oxygen atoms in total. The molecule has 3 heteroatoms. The van der Waals surface area contributed by atoms with Crippen LogP contribution in [0.25, 0.3) is 0 Å². The lowest BCUT2D eigenvalue weighted by molar-refractivity contribution is -0.133. The molecule has 2 unspecified atom stereocenters. The molecule has 2 atom stereocenters. The van der Waals surface area contributed by atoms with E-state index >= 15 is 0 Å². The van der Waals surface area contributed by atoms with Gasteiger partial charge in [0, 0.05) is 11.1 Å². The zero-order valence-electron chi connectivity index (χ0n) is 12.5. The van der Waals surface area contributed by atoms with Crippen LogP contribution in [0.15, 0.2) is 0 Å². The minimum atomic E-state index is 0.159. The maximum atomic E-state index is 12.5. The summed E-state index contributed by atoms with van der Waals surface area (Å²) >= 11 is 0. The average molecular weight is 276 g/mol. The highest BCUT2D eigenvalue weighted by Gasteiger charge is 2.53. The maximum absolute atomic E-state index is 12.5. The average Bonchev–Trinajstić information content (AvgIpc) is 2.43. The summed E-state index contributed by atoms with van der Waals surface area (Å²) in [6.45, 7) is 0. The first kappa shape index (κ1) is 13.3. The van der Waals surface area contributed by atoms with Crippen LogP contribution in [0.1, 0.15) is 77.0 Å². The molecule has 0 aromatic rings. The van der Waals surface area contributed by atoms with Crippen molar-refractivity contribution in [3.63, 3.8) is 0 Å². The molecule has 20 heavy (non-hydrogen) atoms. The Morgan fingerprint density at radius 1 is 0.700 bits per heavy atom. The molecular weight excluding hydrogens is 248 g/mol. The van der Waals surface area contributed by atoms with Gasteiger partial charge in [-0.1, -0.05) is 38.5 Å². The van der Waals surface area contributed by atoms with Crippen LogP contribution in [0.5, 0.6) is 0 Å². The molecule has 0 radical (unpaired) electrons. The molecule has 4 fully saturated rings. The van der Waals surface area contributed by atoms with Gasteiger partial charge in [-0.25, -0.2) is 0 Å². The molecule has 2 saturated carbocycles. The molecule has 2 N–H and O–H groups in total. The second-order valence-electron chi connectivity index (χ2n) is 7.89. The van der Waals surface area contributed by atoms with Crippen LogP contribution >= 0.6 is 0 Å². The lowest BCUT2D eigenvalue weighted by Crippen LogP contribution is -2.74. The van der Waals surface area contributed by atoms with E-state index in [1.54, 1.807) is 0 Å². The molecular formula is C17H28N2O. The molecule has 0 aromatic carbocycles. The number of nitrogens with one attached hydrogen (secondary N) is 2. The van der Waals surface area contributed by atoms with Gasteiger partial charge in [-0.3, -0.25) is 4.79 Å². The van der Waals surface area contributed by atoms with E-state index in [0.717, 1.165) is 12.8 Å². The van der Waals surface area contributed by atoms with Crippen molar-refractivity contribution in [2.45, 2.75) is 100 Å². The Kier molecular flexibility index (Phi) is 3.19. The molecule has 0 bridgehead atoms. The Morgan fingerprint density at radius 3 is 1.40 bits per heavy atom. The Hall–Kier alpha value is -0.410. The van der Waals surface area contributed by atoms with Gasteiger partial charge < -0.3 is 10.6 Å². The van der Waals surface area contributed by atoms with Crippen molar-refractivity contribution in [3.8, 4) is 0 Å². The first-order valence-corrected chi connectivity index (χ1v) is 8.80. The van der Waals surface area contributed by atoms with Crippen LogP contribution in [0.3, 0.4) is 0 Å². The van der Waals surface area contributed by atoms with Gasteiger partial charge in [-0.15, -0.1) is 0 Å². The number of ketones is 1. The second-order valence-corrected chi connectivity index (χ2v) is 7.89. The van der Waals surface area contributed by atoms with Crippen molar-refractivity contribution in [3.05, 3.63) is 0 Å². The van der Waals surface area contributed by atoms with Gasteiger partial charge in [0.05, 0.1) is 12.1 Å². The van der Waals surface area contributed by atoms with E-state index in [4.69, 9.17) is 0 Å². The highest BCUT2D eigenvalue weighted by molar-refractivity contribution is 5.91. The van der Waals surface area contributed by atoms with Crippen LogP contribution in [0, 0.1) is 0 Å². The van der Waals surface area contributed by atoms with Crippen molar-refractivity contribution in [2.75, 3.05) is 0 Å². The molecule has 2 saturated heterocycles. The van der Waals surface area contributed by atoms with Crippen LogP contribution in [0.2, 0.25) is 0 Å². The summed E-state index contributed by atoms with van der Waals surface area (Å²) < 4.78 is 0. The van der Waals surface area contributed by atoms with Crippen molar-refractivity contribution < 1.29 is 4.79 Å². The quantitative estimate of drug-likeness (QED) is 0.815. The minimum absolute atomic E-state index is 0.159. The third-order valence-corrected chi connectivity index (χ3v) is 6.46. The zero-order chi connectivity index (χ0) is 13.6. The SMILES string of the molecule is O=C(C1CC2(CCCCC2)N1)C1CC2(CCCCC2)N1. The van der Waals surface area contributed by atoms with Crippen molar-refractivity contribution in [1.29, 1.82) is 0 Å². The Morgan fingerprint density at radius 2 is 1.05 bits per heavy atom. The molecule has 2 heterocycles. The number of hydrogen-bond donors (Lipinski definition) is 2. The van der Waals surface area contributed by atoms with Crippen LogP contribution in [0.4, 0.5) is 0 Å². The summed E-state index contributed by atoms with van der Waals surface area (Å²) in [5.74, 6) is 0.456. The van der Waals surface area contributed by atoms with Gasteiger partial charge in [-0.2, -0.15) is 0 Å². The topological polar surface area (TPSA) is 41.1 Å². The summed E-state index contributed by atoms with van der Waals surface area (Å²) in [6.07, 6.45) is 15.5. The van der Waals surface area contributed by atoms with E-state index in [1.807, 2.05) is 0 Å². The van der Waals surface area contributed by atoms with Crippen molar-refractivity contribution >= 4 is 5.78 Å². The first-order valence-electron chi connectivity index (χ1n) is 8.80. The lowest BCUT2D eigenvalue weighted by Gasteiger charge is -2.55. The largest absolute Gasteiger partial charge is 0.302 e. The van der Waals surface area contributed by atoms with Crippen LogP contribution in [-0.2, 0) is 4.79 Å². The van der Waals surface area contributed by atoms with Gasteiger partial charge in [0.15, 0.2) is 5.78 Å². The minimum Gasteiger partial charge on any atom is -0.302 e. The smallest absolute Gasteiger partial charge is 0.166 e. The predicted octanol–water partition coefficient (Wildman–Crippen LogP) is 2.69. The predicted molar refractivity (Wildman–Crippen MR) is 79.7 cm³/mol. The number of Topliss-reactive ketones (excluding diaryl/α,β-unsaturated/α-hetero) is 1. The second kappa shape index (κ2) is 4.81. The molecule has 0 aromatic heterocycles. The summed E-state index contributed by atoms with van der Waals surface area (Å²) in [7, 11) is 0. The van der Waals surface area contributed by atoms with Gasteiger partial charge in [-0.05, 0) is 38.5 Å². The summed E-state index contributed by atoms with van der Waals surface area (Å²) in [6, 6.07) is 0.318. The van der Waals surface area contributed by atoms with E-state index in [-0.39, 0.29) is 12.1 Å². The first-order chi connectivity index (χ1) is 9.71. The van der Waals surface area contributed by atoms with Crippen LogP contribution in [-0.4, -0.2) is 28.9 Å². The number of carbonyl (C=O) groups is 1. The third-order valence-electron chi connectivity index (χ3n) is 6.46. The van der Waals surface area contributed by atoms with Gasteiger partial charge in [0.1, 0.15) is 0 Å². The monoisotopic (exact) mass is 276 g/mol. The Labute approximate surface area is 122 Å². The number of carbonyl (C=O) groups excluding carboxylic acids is 1. The summed E-state index contributed by atoms with van der Waals surface area (Å²) in [5.41, 5.74) is 0.704. The third kappa shape index (κ3) is 2.14. The molecule has 112 valence electrons. The number of hydrogen-bond acceptors (Lipinski definition) is 3. The molecule has 2 aliphatic carbocycles. The fraction of sp³-hybridized carbons (Fsp3) is 0.941. The van der Waals surface area contributed by atoms with Gasteiger partial charge >= 0.3 is 0 Å². The highest BCUT2D eigenvalue weighted by Crippen LogP contribution is 2.42. The van der Waals surface area contributed by atoms with Gasteiger partial charge in [0.25, 0.3) is 0 Å². The van der Waals surface area contributed by atoms with Crippen molar-refractivity contribution in [2.24, 2.45) is 0 Å².